The molecule has 3 rings (SSSR count). The van der Waals surface area contributed by atoms with Crippen molar-refractivity contribution in [3.63, 3.8) is 0 Å². The number of nitrogens with zero attached hydrogens (tertiary/aromatic N) is 4. The maximum Gasteiger partial charge on any atom is 0.407 e. The van der Waals surface area contributed by atoms with E-state index in [1.54, 1.807) is 12.5 Å². The van der Waals surface area contributed by atoms with E-state index in [1.165, 1.54) is 30.0 Å². The Labute approximate surface area is 230 Å². The number of carbonyl (C=O) groups excluding carboxylic acids is 2. The van der Waals surface area contributed by atoms with Gasteiger partial charge in [0.15, 0.2) is 4.34 Å². The Bertz CT molecular complexity index is 1300. The zero-order chi connectivity index (χ0) is 27.8. The Morgan fingerprint density at radius 3 is 2.66 bits per heavy atom. The van der Waals surface area contributed by atoms with Gasteiger partial charge in [-0.15, -0.1) is 10.2 Å². The molecule has 38 heavy (non-hydrogen) atoms. The number of benzene rings is 1. The van der Waals surface area contributed by atoms with Crippen molar-refractivity contribution in [3.8, 4) is 17.5 Å². The summed E-state index contributed by atoms with van der Waals surface area (Å²) >= 11 is 2.84. The number of ether oxygens (including phenoxy) is 2. The van der Waals surface area contributed by atoms with Crippen molar-refractivity contribution in [1.29, 1.82) is 0 Å². The smallest absolute Gasteiger partial charge is 0.407 e. The van der Waals surface area contributed by atoms with E-state index >= 15 is 0 Å². The van der Waals surface area contributed by atoms with Gasteiger partial charge in [-0.25, -0.2) is 9.78 Å². The third-order valence-corrected chi connectivity index (χ3v) is 6.69. The molecule has 0 fully saturated rings. The summed E-state index contributed by atoms with van der Waals surface area (Å²) in [4.78, 5) is 27.2. The lowest BCUT2D eigenvalue weighted by Crippen LogP contribution is -2.35. The van der Waals surface area contributed by atoms with Crippen LogP contribution in [0.1, 0.15) is 52.7 Å². The van der Waals surface area contributed by atoms with Crippen LogP contribution in [-0.4, -0.2) is 56.1 Å². The first-order chi connectivity index (χ1) is 17.9. The first-order valence-electron chi connectivity index (χ1n) is 11.9. The Morgan fingerprint density at radius 1 is 1.18 bits per heavy atom. The molecule has 0 saturated carbocycles. The van der Waals surface area contributed by atoms with Gasteiger partial charge in [-0.2, -0.15) is 0 Å². The van der Waals surface area contributed by atoms with Crippen LogP contribution < -0.4 is 10.6 Å². The van der Waals surface area contributed by atoms with Crippen molar-refractivity contribution in [2.75, 3.05) is 18.5 Å². The highest BCUT2D eigenvalue weighted by molar-refractivity contribution is 8.00. The predicted octanol–water partition coefficient (Wildman–Crippen LogP) is 4.65. The fourth-order valence-electron chi connectivity index (χ4n) is 3.02. The van der Waals surface area contributed by atoms with Gasteiger partial charge in [0.1, 0.15) is 11.2 Å². The lowest BCUT2D eigenvalue weighted by Gasteiger charge is -2.21. The molecule has 0 spiro atoms. The number of carbonyl (C=O) groups is 2. The third-order valence-electron chi connectivity index (χ3n) is 4.67. The molecule has 0 atom stereocenters. The van der Waals surface area contributed by atoms with Gasteiger partial charge < -0.3 is 24.7 Å². The summed E-state index contributed by atoms with van der Waals surface area (Å²) in [5.41, 5.74) is 1.49. The van der Waals surface area contributed by atoms with Gasteiger partial charge in [0.25, 0.3) is 0 Å². The van der Waals surface area contributed by atoms with E-state index in [1.807, 2.05) is 63.6 Å². The number of aromatic nitrogens is 4. The zero-order valence-electron chi connectivity index (χ0n) is 22.3. The summed E-state index contributed by atoms with van der Waals surface area (Å²) in [6.07, 6.45) is 4.84. The SMILES string of the molecule is CC(=O)Nc1nnc(SCc2ccc(-n3ccnc3)cc2C#CC(C)(C)OCCNC(=O)OC(C)(C)C)s1. The standard InChI is InChI=1S/C26H32N6O4S2/c1-18(33)29-22-30-31-24(38-22)37-16-20-7-8-21(32-13-11-27-17-32)15-19(20)9-10-26(5,6)35-14-12-28-23(34)36-25(2,3)4/h7-8,11,13,15,17H,12,14,16H2,1-6H3,(H,28,34)(H,29,30,33). The maximum atomic E-state index is 11.8. The quantitative estimate of drug-likeness (QED) is 0.169. The lowest BCUT2D eigenvalue weighted by molar-refractivity contribution is -0.114. The van der Waals surface area contributed by atoms with Crippen LogP contribution >= 0.6 is 23.1 Å². The second-order valence-corrected chi connectivity index (χ2v) is 11.9. The molecular weight excluding hydrogens is 524 g/mol. The molecule has 202 valence electrons. The summed E-state index contributed by atoms with van der Waals surface area (Å²) in [5.74, 6) is 6.93. The minimum absolute atomic E-state index is 0.184. The van der Waals surface area contributed by atoms with Crippen LogP contribution in [0, 0.1) is 11.8 Å². The summed E-state index contributed by atoms with van der Waals surface area (Å²) in [7, 11) is 0. The molecular formula is C26H32N6O4S2. The third kappa shape index (κ3) is 9.81. The molecule has 0 bridgehead atoms. The van der Waals surface area contributed by atoms with E-state index in [4.69, 9.17) is 9.47 Å². The molecule has 3 aromatic rings. The van der Waals surface area contributed by atoms with Crippen molar-refractivity contribution in [1.82, 2.24) is 25.1 Å². The molecule has 2 N–H and O–H groups in total. The van der Waals surface area contributed by atoms with Crippen LogP contribution in [0.15, 0.2) is 41.3 Å². The number of hydrogen-bond donors (Lipinski definition) is 2. The van der Waals surface area contributed by atoms with E-state index in [-0.39, 0.29) is 12.5 Å². The van der Waals surface area contributed by atoms with Crippen LogP contribution in [0.3, 0.4) is 0 Å². The largest absolute Gasteiger partial charge is 0.444 e. The number of anilines is 1. The van der Waals surface area contributed by atoms with Crippen molar-refractivity contribution in [2.45, 2.75) is 62.8 Å². The number of rotatable bonds is 9. The van der Waals surface area contributed by atoms with E-state index in [0.717, 1.165) is 21.2 Å². The molecule has 0 aliphatic rings. The number of nitrogens with one attached hydrogen (secondary N) is 2. The summed E-state index contributed by atoms with van der Waals surface area (Å²) in [6, 6.07) is 6.05. The van der Waals surface area contributed by atoms with Gasteiger partial charge in [-0.1, -0.05) is 41.0 Å². The number of amides is 2. The molecule has 10 nitrogen and oxygen atoms in total. The highest BCUT2D eigenvalue weighted by Gasteiger charge is 2.18. The molecule has 0 aliphatic heterocycles. The maximum absolute atomic E-state index is 11.8. The molecule has 2 heterocycles. The summed E-state index contributed by atoms with van der Waals surface area (Å²) in [6.45, 7) is 11.2. The fourth-order valence-corrected chi connectivity index (χ4v) is 4.82. The van der Waals surface area contributed by atoms with Crippen LogP contribution in [0.4, 0.5) is 9.93 Å². The Balaban J connectivity index is 1.69. The van der Waals surface area contributed by atoms with Gasteiger partial charge in [0.2, 0.25) is 11.0 Å². The molecule has 2 aromatic heterocycles. The van der Waals surface area contributed by atoms with Gasteiger partial charge in [-0.05, 0) is 52.3 Å². The summed E-state index contributed by atoms with van der Waals surface area (Å²) < 4.78 is 13.8. The van der Waals surface area contributed by atoms with Crippen molar-refractivity contribution in [2.24, 2.45) is 0 Å². The fraction of sp³-hybridized carbons (Fsp3) is 0.423. The van der Waals surface area contributed by atoms with E-state index < -0.39 is 17.3 Å². The Hall–Kier alpha value is -3.40. The number of imidazole rings is 1. The van der Waals surface area contributed by atoms with Gasteiger partial charge in [-0.3, -0.25) is 4.79 Å². The predicted molar refractivity (Wildman–Crippen MR) is 148 cm³/mol. The molecule has 2 amide bonds. The normalized spacial score (nSPS) is 11.4. The highest BCUT2D eigenvalue weighted by Crippen LogP contribution is 2.30. The monoisotopic (exact) mass is 556 g/mol. The van der Waals surface area contributed by atoms with Crippen LogP contribution in [0.25, 0.3) is 5.69 Å². The van der Waals surface area contributed by atoms with Crippen molar-refractivity contribution in [3.05, 3.63) is 48.0 Å². The van der Waals surface area contributed by atoms with Crippen molar-refractivity contribution >= 4 is 40.2 Å². The van der Waals surface area contributed by atoms with E-state index in [0.29, 0.717) is 17.4 Å². The van der Waals surface area contributed by atoms with Gasteiger partial charge in [0, 0.05) is 42.9 Å². The molecule has 1 aromatic carbocycles. The topological polar surface area (TPSA) is 120 Å². The van der Waals surface area contributed by atoms with Gasteiger partial charge >= 0.3 is 6.09 Å². The molecule has 0 saturated heterocycles. The molecule has 0 radical (unpaired) electrons. The summed E-state index contributed by atoms with van der Waals surface area (Å²) in [5, 5.41) is 13.9. The molecule has 0 aliphatic carbocycles. The number of alkyl carbamates (subject to hydrolysis) is 1. The van der Waals surface area contributed by atoms with Crippen molar-refractivity contribution < 1.29 is 19.1 Å². The first kappa shape index (κ1) is 29.2. The van der Waals surface area contributed by atoms with E-state index in [2.05, 4.69) is 37.7 Å². The van der Waals surface area contributed by atoms with E-state index in [9.17, 15) is 9.59 Å². The Morgan fingerprint density at radius 2 is 1.97 bits per heavy atom. The minimum Gasteiger partial charge on any atom is -0.444 e. The second kappa shape index (κ2) is 12.9. The first-order valence-corrected chi connectivity index (χ1v) is 13.7. The minimum atomic E-state index is -0.752. The lowest BCUT2D eigenvalue weighted by atomic mass is 10.1. The van der Waals surface area contributed by atoms with Crippen LogP contribution in [0.5, 0.6) is 0 Å². The molecule has 0 unspecified atom stereocenters. The van der Waals surface area contributed by atoms with Crippen LogP contribution in [-0.2, 0) is 20.0 Å². The highest BCUT2D eigenvalue weighted by atomic mass is 32.2. The molecule has 12 heteroatoms. The van der Waals surface area contributed by atoms with Crippen LogP contribution in [0.2, 0.25) is 0 Å². The average Bonchev–Trinajstić information content (AvgIpc) is 3.50. The van der Waals surface area contributed by atoms with Gasteiger partial charge in [0.05, 0.1) is 12.9 Å². The number of hydrogen-bond acceptors (Lipinski definition) is 9. The second-order valence-electron chi connectivity index (χ2n) is 9.69. The average molecular weight is 557 g/mol. The Kier molecular flexibility index (Phi) is 9.90. The number of thioether (sulfide) groups is 1. The zero-order valence-corrected chi connectivity index (χ0v) is 24.0.